The van der Waals surface area contributed by atoms with Gasteiger partial charge in [0.15, 0.2) is 5.70 Å². The van der Waals surface area contributed by atoms with Gasteiger partial charge in [-0.1, -0.05) is 18.2 Å². The number of unbranched alkanes of at least 4 members (excludes halogenated alkanes) is 1. The molecule has 1 atom stereocenters. The average Bonchev–Trinajstić information content (AvgIpc) is 3.09. The topological polar surface area (TPSA) is 94.6 Å². The van der Waals surface area contributed by atoms with Gasteiger partial charge in [-0.15, -0.1) is 0 Å². The summed E-state index contributed by atoms with van der Waals surface area (Å²) in [7, 11) is 1.72. The van der Waals surface area contributed by atoms with Gasteiger partial charge in [-0.25, -0.2) is 9.28 Å². The number of rotatable bonds is 8. The van der Waals surface area contributed by atoms with Crippen molar-refractivity contribution in [2.24, 2.45) is 5.73 Å². The van der Waals surface area contributed by atoms with Crippen molar-refractivity contribution in [3.63, 3.8) is 0 Å². The Morgan fingerprint density at radius 3 is 2.68 bits per heavy atom. The van der Waals surface area contributed by atoms with E-state index in [4.69, 9.17) is 10.5 Å². The number of urea groups is 1. The number of benzene rings is 1. The number of carbonyl (C=O) groups excluding carboxylic acids is 1. The van der Waals surface area contributed by atoms with Crippen LogP contribution in [0, 0.1) is 11.3 Å². The number of carbonyl (C=O) groups is 1. The van der Waals surface area contributed by atoms with Crippen LogP contribution in [0.5, 0.6) is 5.75 Å². The van der Waals surface area contributed by atoms with E-state index in [1.54, 1.807) is 7.11 Å². The Morgan fingerprint density at radius 1 is 1.21 bits per heavy atom. The van der Waals surface area contributed by atoms with Crippen molar-refractivity contribution in [1.82, 2.24) is 10.2 Å². The first-order chi connectivity index (χ1) is 16.5. The number of piperazine rings is 1. The zero-order valence-corrected chi connectivity index (χ0v) is 20.0. The maximum Gasteiger partial charge on any atom is 0.320 e. The van der Waals surface area contributed by atoms with E-state index in [-0.39, 0.29) is 0 Å². The average molecular weight is 462 g/mol. The number of hydrogen-bond donors (Lipinski definition) is 2. The number of allylic oxidation sites excluding steroid dienone is 5. The number of nitriles is 1. The normalized spacial score (nSPS) is 22.1. The van der Waals surface area contributed by atoms with E-state index in [0.29, 0.717) is 15.9 Å². The second-order valence-electron chi connectivity index (χ2n) is 8.84. The summed E-state index contributed by atoms with van der Waals surface area (Å²) in [6, 6.07) is 9.89. The van der Waals surface area contributed by atoms with Crippen molar-refractivity contribution < 1.29 is 14.0 Å². The van der Waals surface area contributed by atoms with Gasteiger partial charge >= 0.3 is 6.03 Å². The molecular weight excluding hydrogens is 428 g/mol. The van der Waals surface area contributed by atoms with Crippen LogP contribution in [0.25, 0.3) is 0 Å². The van der Waals surface area contributed by atoms with Crippen LogP contribution in [0.1, 0.15) is 19.8 Å². The Morgan fingerprint density at radius 2 is 1.97 bits per heavy atom. The molecule has 0 radical (unpaired) electrons. The first-order valence-electron chi connectivity index (χ1n) is 11.8. The largest absolute Gasteiger partial charge is 0.495 e. The zero-order valence-electron chi connectivity index (χ0n) is 20.0. The van der Waals surface area contributed by atoms with Gasteiger partial charge in [-0.3, -0.25) is 10.2 Å². The lowest BCUT2D eigenvalue weighted by Gasteiger charge is -2.37. The number of amides is 2. The SMILES string of the molecule is COc1ccccc1N1CCN(CCCC[N+]23C=CC=CC2=C(C#N)C(C)=C3NC(N)=O)CC1. The highest BCUT2D eigenvalue weighted by Crippen LogP contribution is 2.42. The van der Waals surface area contributed by atoms with E-state index >= 15 is 0 Å². The van der Waals surface area contributed by atoms with Crippen molar-refractivity contribution in [2.45, 2.75) is 19.8 Å². The van der Waals surface area contributed by atoms with E-state index < -0.39 is 6.03 Å². The summed E-state index contributed by atoms with van der Waals surface area (Å²) in [5, 5.41) is 12.6. The molecule has 1 fully saturated rings. The van der Waals surface area contributed by atoms with Crippen molar-refractivity contribution in [3.8, 4) is 11.8 Å². The molecule has 1 unspecified atom stereocenters. The lowest BCUT2D eigenvalue weighted by Crippen LogP contribution is -2.48. The Hall–Kier alpha value is -3.54. The van der Waals surface area contributed by atoms with Crippen LogP contribution in [-0.2, 0) is 0 Å². The van der Waals surface area contributed by atoms with E-state index in [1.807, 2.05) is 43.5 Å². The fourth-order valence-corrected chi connectivity index (χ4v) is 5.20. The quantitative estimate of drug-likeness (QED) is 0.458. The van der Waals surface area contributed by atoms with Crippen LogP contribution >= 0.6 is 0 Å². The highest BCUT2D eigenvalue weighted by Gasteiger charge is 2.46. The number of hydrogen-bond acceptors (Lipinski definition) is 5. The predicted molar refractivity (Wildman–Crippen MR) is 132 cm³/mol. The van der Waals surface area contributed by atoms with Crippen LogP contribution in [0.2, 0.25) is 0 Å². The molecule has 2 amide bonds. The molecule has 0 aromatic heterocycles. The molecule has 3 heterocycles. The molecule has 4 rings (SSSR count). The summed E-state index contributed by atoms with van der Waals surface area (Å²) in [5.41, 5.74) is 8.91. The molecule has 0 spiro atoms. The van der Waals surface area contributed by atoms with Crippen molar-refractivity contribution in [2.75, 3.05) is 51.3 Å². The Kier molecular flexibility index (Phi) is 7.06. The summed E-state index contributed by atoms with van der Waals surface area (Å²) in [5.74, 6) is 1.61. The minimum Gasteiger partial charge on any atom is -0.495 e. The fourth-order valence-electron chi connectivity index (χ4n) is 5.20. The molecule has 3 aliphatic rings. The Labute approximate surface area is 201 Å². The van der Waals surface area contributed by atoms with Gasteiger partial charge in [0.2, 0.25) is 5.82 Å². The first kappa shape index (κ1) is 23.6. The standard InChI is InChI=1S/C26H32N6O2/c1-20-21(19-27)23-10-5-7-17-32(23,25(20)29-26(28)33)18-8-6-12-30-13-15-31(16-14-30)22-9-3-4-11-24(22)34-2/h3-5,7,9-11,17H,6,8,12-16,18H2,1-2H3,(H2-,28,29,33)/p+1. The highest BCUT2D eigenvalue weighted by molar-refractivity contribution is 5.74. The van der Waals surface area contributed by atoms with E-state index in [9.17, 15) is 10.1 Å². The van der Waals surface area contributed by atoms with Gasteiger partial charge in [0.25, 0.3) is 0 Å². The number of methoxy groups -OCH3 is 1. The van der Waals surface area contributed by atoms with Crippen LogP contribution < -0.4 is 20.7 Å². The number of nitrogens with one attached hydrogen (secondary N) is 1. The first-order valence-corrected chi connectivity index (χ1v) is 11.8. The van der Waals surface area contributed by atoms with Crippen LogP contribution in [0.3, 0.4) is 0 Å². The van der Waals surface area contributed by atoms with Crippen LogP contribution in [0.15, 0.2) is 71.4 Å². The number of primary amides is 1. The van der Waals surface area contributed by atoms with E-state index in [0.717, 1.165) is 74.8 Å². The molecule has 8 heteroatoms. The maximum atomic E-state index is 11.7. The predicted octanol–water partition coefficient (Wildman–Crippen LogP) is 3.19. The third-order valence-corrected chi connectivity index (χ3v) is 6.91. The molecule has 0 aliphatic carbocycles. The van der Waals surface area contributed by atoms with Gasteiger partial charge < -0.3 is 15.4 Å². The summed E-state index contributed by atoms with van der Waals surface area (Å²) in [6.45, 7) is 7.62. The number of fused-ring (bicyclic) bond motifs is 1. The lowest BCUT2D eigenvalue weighted by atomic mass is 10.1. The minimum atomic E-state index is -0.610. The van der Waals surface area contributed by atoms with E-state index in [2.05, 4.69) is 33.3 Å². The maximum absolute atomic E-state index is 11.7. The molecule has 0 bridgehead atoms. The van der Waals surface area contributed by atoms with Crippen molar-refractivity contribution in [3.05, 3.63) is 71.4 Å². The summed E-state index contributed by atoms with van der Waals surface area (Å²) in [6.07, 6.45) is 9.89. The molecule has 1 saturated heterocycles. The fraction of sp³-hybridized carbons (Fsp3) is 0.385. The minimum absolute atomic E-state index is 0.343. The molecule has 178 valence electrons. The molecule has 3 aliphatic heterocycles. The highest BCUT2D eigenvalue weighted by atomic mass is 16.5. The van der Waals surface area contributed by atoms with Crippen molar-refractivity contribution in [1.29, 1.82) is 5.26 Å². The van der Waals surface area contributed by atoms with Gasteiger partial charge in [0.1, 0.15) is 23.6 Å². The number of nitrogens with zero attached hydrogens (tertiary/aromatic N) is 4. The number of quaternary nitrogens is 1. The number of anilines is 1. The molecule has 34 heavy (non-hydrogen) atoms. The molecule has 1 aromatic rings. The second-order valence-corrected chi connectivity index (χ2v) is 8.84. The van der Waals surface area contributed by atoms with E-state index in [1.165, 1.54) is 0 Å². The second kappa shape index (κ2) is 10.2. The summed E-state index contributed by atoms with van der Waals surface area (Å²) >= 11 is 0. The lowest BCUT2D eigenvalue weighted by molar-refractivity contribution is -0.800. The van der Waals surface area contributed by atoms with Crippen LogP contribution in [0.4, 0.5) is 10.5 Å². The monoisotopic (exact) mass is 461 g/mol. The van der Waals surface area contributed by atoms with Crippen molar-refractivity contribution >= 4 is 11.7 Å². The van der Waals surface area contributed by atoms with Gasteiger partial charge in [0.05, 0.1) is 24.9 Å². The number of ether oxygens (including phenoxy) is 1. The third-order valence-electron chi connectivity index (χ3n) is 6.91. The molecule has 0 saturated carbocycles. The van der Waals surface area contributed by atoms with Crippen LogP contribution in [-0.4, -0.2) is 61.8 Å². The molecule has 8 nitrogen and oxygen atoms in total. The smallest absolute Gasteiger partial charge is 0.320 e. The zero-order chi connectivity index (χ0) is 24.1. The number of para-hydroxylation sites is 2. The Balaban J connectivity index is 1.35. The molecular formula is C26H33N6O2+. The Bertz CT molecular complexity index is 1100. The summed E-state index contributed by atoms with van der Waals surface area (Å²) < 4.78 is 5.87. The number of nitrogens with two attached hydrogens (primary N) is 1. The third kappa shape index (κ3) is 4.45. The molecule has 1 aromatic carbocycles. The van der Waals surface area contributed by atoms with Gasteiger partial charge in [-0.05, 0) is 44.5 Å². The van der Waals surface area contributed by atoms with Gasteiger partial charge in [0, 0.05) is 32.3 Å². The van der Waals surface area contributed by atoms with Gasteiger partial charge in [-0.2, -0.15) is 5.26 Å². The molecule has 3 N–H and O–H groups in total. The summed E-state index contributed by atoms with van der Waals surface area (Å²) in [4.78, 5) is 16.6.